The van der Waals surface area contributed by atoms with E-state index >= 15 is 0 Å². The third kappa shape index (κ3) is 4.97. The molecule has 2 N–H and O–H groups in total. The molecule has 142 valence electrons. The van der Waals surface area contributed by atoms with Crippen molar-refractivity contribution in [1.29, 1.82) is 0 Å². The lowest BCUT2D eigenvalue weighted by Gasteiger charge is -2.35. The number of nitrogens with one attached hydrogen (secondary N) is 2. The van der Waals surface area contributed by atoms with Gasteiger partial charge in [-0.2, -0.15) is 0 Å². The summed E-state index contributed by atoms with van der Waals surface area (Å²) < 4.78 is 5.55. The normalized spacial score (nSPS) is 26.2. The fraction of sp³-hybridized carbons (Fsp3) is 0.600. The Morgan fingerprint density at radius 2 is 2.08 bits per heavy atom. The summed E-state index contributed by atoms with van der Waals surface area (Å²) in [7, 11) is 0. The number of carbonyl (C=O) groups is 2. The molecule has 2 aliphatic rings. The summed E-state index contributed by atoms with van der Waals surface area (Å²) in [6, 6.07) is 9.56. The first-order valence-electron chi connectivity index (χ1n) is 9.60. The number of hydrogen-bond donors (Lipinski definition) is 2. The molecule has 26 heavy (non-hydrogen) atoms. The van der Waals surface area contributed by atoms with E-state index in [1.165, 1.54) is 0 Å². The molecule has 0 saturated carbocycles. The molecule has 1 aromatic carbocycles. The van der Waals surface area contributed by atoms with E-state index in [0.29, 0.717) is 24.8 Å². The van der Waals surface area contributed by atoms with Gasteiger partial charge < -0.3 is 20.3 Å². The average molecular weight is 359 g/mol. The van der Waals surface area contributed by atoms with Crippen molar-refractivity contribution in [2.45, 2.75) is 32.2 Å². The van der Waals surface area contributed by atoms with E-state index in [2.05, 4.69) is 17.6 Å². The maximum atomic E-state index is 12.7. The van der Waals surface area contributed by atoms with Crippen LogP contribution in [0.25, 0.3) is 0 Å². The molecule has 2 saturated heterocycles. The molecule has 2 aliphatic heterocycles. The highest BCUT2D eigenvalue weighted by Gasteiger charge is 2.31. The van der Waals surface area contributed by atoms with Gasteiger partial charge in [0.2, 0.25) is 5.91 Å². The zero-order valence-electron chi connectivity index (χ0n) is 15.4. The molecule has 2 heterocycles. The van der Waals surface area contributed by atoms with Gasteiger partial charge in [-0.05, 0) is 50.4 Å². The van der Waals surface area contributed by atoms with Gasteiger partial charge in [0.05, 0.1) is 5.92 Å². The summed E-state index contributed by atoms with van der Waals surface area (Å²) in [5.74, 6) is 1.04. The summed E-state index contributed by atoms with van der Waals surface area (Å²) in [5.41, 5.74) is 0. The minimum Gasteiger partial charge on any atom is -0.484 e. The summed E-state index contributed by atoms with van der Waals surface area (Å²) in [6.07, 6.45) is 2.67. The second kappa shape index (κ2) is 9.03. The monoisotopic (exact) mass is 359 g/mol. The third-order valence-corrected chi connectivity index (χ3v) is 5.36. The molecule has 0 spiro atoms. The standard InChI is InChI=1S/C20H29N3O3/c1-15-12-21-10-9-18(15)22-20(25)16-6-5-11-23(13-16)19(24)14-26-17-7-3-2-4-8-17/h2-4,7-8,15-16,18,21H,5-6,9-14H2,1H3,(H,22,25). The molecular weight excluding hydrogens is 330 g/mol. The highest BCUT2D eigenvalue weighted by atomic mass is 16.5. The van der Waals surface area contributed by atoms with Gasteiger partial charge >= 0.3 is 0 Å². The molecule has 6 nitrogen and oxygen atoms in total. The van der Waals surface area contributed by atoms with Crippen LogP contribution >= 0.6 is 0 Å². The van der Waals surface area contributed by atoms with Crippen LogP contribution < -0.4 is 15.4 Å². The van der Waals surface area contributed by atoms with Crippen molar-refractivity contribution in [2.24, 2.45) is 11.8 Å². The predicted octanol–water partition coefficient (Wildman–Crippen LogP) is 1.42. The van der Waals surface area contributed by atoms with Crippen LogP contribution in [0.2, 0.25) is 0 Å². The van der Waals surface area contributed by atoms with Crippen molar-refractivity contribution in [3.05, 3.63) is 30.3 Å². The van der Waals surface area contributed by atoms with Crippen LogP contribution in [0.1, 0.15) is 26.2 Å². The molecule has 2 fully saturated rings. The minimum absolute atomic E-state index is 0.0175. The Balaban J connectivity index is 1.48. The van der Waals surface area contributed by atoms with Gasteiger partial charge in [0.15, 0.2) is 6.61 Å². The van der Waals surface area contributed by atoms with Gasteiger partial charge in [-0.25, -0.2) is 0 Å². The maximum absolute atomic E-state index is 12.7. The van der Waals surface area contributed by atoms with Gasteiger partial charge in [0.1, 0.15) is 5.75 Å². The Morgan fingerprint density at radius 3 is 2.85 bits per heavy atom. The zero-order chi connectivity index (χ0) is 18.4. The van der Waals surface area contributed by atoms with Crippen molar-refractivity contribution in [2.75, 3.05) is 32.8 Å². The Kier molecular flexibility index (Phi) is 6.50. The minimum atomic E-state index is -0.119. The third-order valence-electron chi connectivity index (χ3n) is 5.36. The van der Waals surface area contributed by atoms with Gasteiger partial charge in [0.25, 0.3) is 5.91 Å². The van der Waals surface area contributed by atoms with E-state index in [9.17, 15) is 9.59 Å². The number of ether oxygens (including phenoxy) is 1. The molecule has 3 unspecified atom stereocenters. The summed E-state index contributed by atoms with van der Waals surface area (Å²) >= 11 is 0. The molecule has 0 radical (unpaired) electrons. The highest BCUT2D eigenvalue weighted by molar-refractivity contribution is 5.82. The smallest absolute Gasteiger partial charge is 0.260 e. The molecule has 0 aliphatic carbocycles. The lowest BCUT2D eigenvalue weighted by atomic mass is 9.92. The number of amides is 2. The van der Waals surface area contributed by atoms with Crippen molar-refractivity contribution >= 4 is 11.8 Å². The SMILES string of the molecule is CC1CNCCC1NC(=O)C1CCCN(C(=O)COc2ccccc2)C1. The molecule has 0 aromatic heterocycles. The van der Waals surface area contributed by atoms with Gasteiger partial charge in [0, 0.05) is 19.1 Å². The van der Waals surface area contributed by atoms with Crippen LogP contribution in [0.3, 0.4) is 0 Å². The zero-order valence-corrected chi connectivity index (χ0v) is 15.4. The van der Waals surface area contributed by atoms with E-state index in [0.717, 1.165) is 32.4 Å². The molecule has 3 atom stereocenters. The quantitative estimate of drug-likeness (QED) is 0.834. The number of piperidine rings is 2. The lowest BCUT2D eigenvalue weighted by Crippen LogP contribution is -2.52. The molecule has 0 bridgehead atoms. The van der Waals surface area contributed by atoms with Crippen molar-refractivity contribution in [3.8, 4) is 5.75 Å². The van der Waals surface area contributed by atoms with Crippen LogP contribution in [-0.4, -0.2) is 55.5 Å². The predicted molar refractivity (Wildman–Crippen MR) is 99.8 cm³/mol. The largest absolute Gasteiger partial charge is 0.484 e. The number of nitrogens with zero attached hydrogens (tertiary/aromatic N) is 1. The first kappa shape index (κ1) is 18.7. The van der Waals surface area contributed by atoms with Crippen LogP contribution in [0.15, 0.2) is 30.3 Å². The summed E-state index contributed by atoms with van der Waals surface area (Å²) in [6.45, 7) is 5.25. The van der Waals surface area contributed by atoms with E-state index in [1.807, 2.05) is 30.3 Å². The molecule has 1 aromatic rings. The molecule has 3 rings (SSSR count). The average Bonchev–Trinajstić information content (AvgIpc) is 2.69. The number of hydrogen-bond acceptors (Lipinski definition) is 4. The van der Waals surface area contributed by atoms with Gasteiger partial charge in [-0.3, -0.25) is 9.59 Å². The Morgan fingerprint density at radius 1 is 1.27 bits per heavy atom. The molecular formula is C20H29N3O3. The van der Waals surface area contributed by atoms with E-state index in [4.69, 9.17) is 4.74 Å². The summed E-state index contributed by atoms with van der Waals surface area (Å²) in [5, 5.41) is 6.56. The molecule has 6 heteroatoms. The number of rotatable bonds is 5. The van der Waals surface area contributed by atoms with Gasteiger partial charge in [-0.15, -0.1) is 0 Å². The number of para-hydroxylation sites is 1. The second-order valence-electron chi connectivity index (χ2n) is 7.37. The fourth-order valence-electron chi connectivity index (χ4n) is 3.70. The van der Waals surface area contributed by atoms with Crippen LogP contribution in [0.5, 0.6) is 5.75 Å². The van der Waals surface area contributed by atoms with Crippen LogP contribution in [-0.2, 0) is 9.59 Å². The lowest BCUT2D eigenvalue weighted by molar-refractivity contribution is -0.137. The second-order valence-corrected chi connectivity index (χ2v) is 7.37. The Labute approximate surface area is 155 Å². The Bertz CT molecular complexity index is 608. The van der Waals surface area contributed by atoms with Crippen LogP contribution in [0, 0.1) is 11.8 Å². The summed E-state index contributed by atoms with van der Waals surface area (Å²) in [4.78, 5) is 26.9. The first-order valence-corrected chi connectivity index (χ1v) is 9.60. The first-order chi connectivity index (χ1) is 12.6. The van der Waals surface area contributed by atoms with E-state index < -0.39 is 0 Å². The number of carbonyl (C=O) groups excluding carboxylic acids is 2. The maximum Gasteiger partial charge on any atom is 0.260 e. The Hall–Kier alpha value is -2.08. The van der Waals surface area contributed by atoms with Gasteiger partial charge in [-0.1, -0.05) is 25.1 Å². The topological polar surface area (TPSA) is 70.7 Å². The fourth-order valence-corrected chi connectivity index (χ4v) is 3.70. The van der Waals surface area contributed by atoms with Crippen molar-refractivity contribution in [1.82, 2.24) is 15.5 Å². The van der Waals surface area contributed by atoms with E-state index in [-0.39, 0.29) is 30.4 Å². The highest BCUT2D eigenvalue weighted by Crippen LogP contribution is 2.19. The number of likely N-dealkylation sites (tertiary alicyclic amines) is 1. The van der Waals surface area contributed by atoms with E-state index in [1.54, 1.807) is 4.90 Å². The van der Waals surface area contributed by atoms with Crippen molar-refractivity contribution in [3.63, 3.8) is 0 Å². The van der Waals surface area contributed by atoms with Crippen LogP contribution in [0.4, 0.5) is 0 Å². The number of benzene rings is 1. The molecule has 2 amide bonds. The van der Waals surface area contributed by atoms with Crippen molar-refractivity contribution < 1.29 is 14.3 Å².